The molecule has 2 N–H and O–H groups in total. The quantitative estimate of drug-likeness (QED) is 0.471. The van der Waals surface area contributed by atoms with Crippen molar-refractivity contribution in [3.05, 3.63) is 53.1 Å². The average molecular weight is 440 g/mol. The molecule has 4 rings (SSSR count). The van der Waals surface area contributed by atoms with E-state index in [1.165, 1.54) is 48.6 Å². The first-order valence-corrected chi connectivity index (χ1v) is 12.2. The van der Waals surface area contributed by atoms with Gasteiger partial charge in [0.2, 0.25) is 0 Å². The van der Waals surface area contributed by atoms with Gasteiger partial charge in [0.15, 0.2) is 0 Å². The lowest BCUT2D eigenvalue weighted by Gasteiger charge is -2.14. The van der Waals surface area contributed by atoms with Gasteiger partial charge >= 0.3 is 0 Å². The summed E-state index contributed by atoms with van der Waals surface area (Å²) in [6.45, 7) is 11.3. The molecule has 0 radical (unpaired) electrons. The van der Waals surface area contributed by atoms with E-state index in [0.717, 1.165) is 27.7 Å². The Morgan fingerprint density at radius 2 is 1.71 bits per heavy atom. The summed E-state index contributed by atoms with van der Waals surface area (Å²) < 4.78 is 5.78. The second kappa shape index (κ2) is 12.6. The highest BCUT2D eigenvalue weighted by molar-refractivity contribution is 7.17. The van der Waals surface area contributed by atoms with Crippen LogP contribution in [-0.2, 0) is 12.8 Å². The van der Waals surface area contributed by atoms with Gasteiger partial charge in [0, 0.05) is 11.1 Å². The van der Waals surface area contributed by atoms with Crippen LogP contribution in [0.15, 0.2) is 36.4 Å². The van der Waals surface area contributed by atoms with E-state index in [2.05, 4.69) is 80.0 Å². The van der Waals surface area contributed by atoms with Crippen molar-refractivity contribution in [3.8, 4) is 26.9 Å². The maximum Gasteiger partial charge on any atom is 0.148 e. The second-order valence-corrected chi connectivity index (χ2v) is 8.73. The van der Waals surface area contributed by atoms with Gasteiger partial charge < -0.3 is 10.5 Å². The van der Waals surface area contributed by atoms with Gasteiger partial charge in [-0.25, -0.2) is 0 Å². The maximum absolute atomic E-state index is 5.78. The lowest BCUT2D eigenvalue weighted by Crippen LogP contribution is -1.98. The van der Waals surface area contributed by atoms with Crippen LogP contribution in [0.4, 0.5) is 0 Å². The number of fused-ring (bicyclic) bond motifs is 1. The number of benzene rings is 2. The predicted molar refractivity (Wildman–Crippen MR) is 134 cm³/mol. The van der Waals surface area contributed by atoms with Gasteiger partial charge in [0.05, 0.1) is 6.61 Å². The zero-order valence-electron chi connectivity index (χ0n) is 19.9. The number of nitrogens with zero attached hydrogens (tertiary/aromatic N) is 2. The van der Waals surface area contributed by atoms with Crippen molar-refractivity contribution in [2.45, 2.75) is 66.2 Å². The van der Waals surface area contributed by atoms with E-state index in [-0.39, 0.29) is 0 Å². The molecular formula is C26H37N3OS. The molecule has 4 nitrogen and oxygen atoms in total. The van der Waals surface area contributed by atoms with E-state index in [4.69, 9.17) is 4.74 Å². The molecule has 0 fully saturated rings. The Hall–Kier alpha value is -2.24. The molecule has 168 valence electrons. The molecular weight excluding hydrogens is 402 g/mol. The lowest BCUT2D eigenvalue weighted by atomic mass is 10.00. The Morgan fingerprint density at radius 1 is 1.00 bits per heavy atom. The maximum atomic E-state index is 5.78. The third-order valence-electron chi connectivity index (χ3n) is 4.98. The molecule has 0 unspecified atom stereocenters. The topological polar surface area (TPSA) is 61.0 Å². The second-order valence-electron chi connectivity index (χ2n) is 7.76. The van der Waals surface area contributed by atoms with Gasteiger partial charge in [0.25, 0.3) is 0 Å². The van der Waals surface area contributed by atoms with Crippen LogP contribution >= 0.6 is 11.3 Å². The van der Waals surface area contributed by atoms with Crippen LogP contribution < -0.4 is 10.5 Å². The van der Waals surface area contributed by atoms with Crippen molar-refractivity contribution < 1.29 is 4.74 Å². The first kappa shape index (κ1) is 25.0. The van der Waals surface area contributed by atoms with Crippen molar-refractivity contribution >= 4 is 11.3 Å². The summed E-state index contributed by atoms with van der Waals surface area (Å²) in [5.74, 6) is 1.37. The Balaban J connectivity index is 0.000000630. The number of aryl methyl sites for hydroxylation is 1. The summed E-state index contributed by atoms with van der Waals surface area (Å²) in [5.41, 5.74) is 11.0. The number of hydrogen-bond donors (Lipinski definition) is 1. The first-order valence-electron chi connectivity index (χ1n) is 11.4. The van der Waals surface area contributed by atoms with Gasteiger partial charge in [-0.3, -0.25) is 0 Å². The number of rotatable bonds is 5. The Bertz CT molecular complexity index is 950. The summed E-state index contributed by atoms with van der Waals surface area (Å²) in [4.78, 5) is 0. The zero-order valence-corrected chi connectivity index (χ0v) is 20.7. The van der Waals surface area contributed by atoms with Crippen LogP contribution in [-0.4, -0.2) is 23.9 Å². The zero-order chi connectivity index (χ0) is 22.8. The van der Waals surface area contributed by atoms with E-state index in [9.17, 15) is 0 Å². The van der Waals surface area contributed by atoms with E-state index in [0.29, 0.717) is 12.5 Å². The van der Waals surface area contributed by atoms with E-state index >= 15 is 0 Å². The highest BCUT2D eigenvalue weighted by atomic mass is 32.1. The molecule has 0 bridgehead atoms. The fourth-order valence-corrected chi connectivity index (χ4v) is 4.58. The molecule has 1 aliphatic carbocycles. The minimum absolute atomic E-state index is 0.404. The number of ether oxygens (including phenoxy) is 1. The molecule has 5 heteroatoms. The van der Waals surface area contributed by atoms with Gasteiger partial charge in [-0.15, -0.1) is 10.2 Å². The molecule has 2 aromatic carbocycles. The smallest absolute Gasteiger partial charge is 0.148 e. The fourth-order valence-electron chi connectivity index (χ4n) is 3.69. The van der Waals surface area contributed by atoms with E-state index in [1.54, 1.807) is 11.3 Å². The Labute approximate surface area is 191 Å². The highest BCUT2D eigenvalue weighted by Gasteiger charge is 2.19. The van der Waals surface area contributed by atoms with Crippen molar-refractivity contribution in [1.82, 2.24) is 10.2 Å². The van der Waals surface area contributed by atoms with Gasteiger partial charge in [-0.2, -0.15) is 0 Å². The molecule has 3 aromatic rings. The van der Waals surface area contributed by atoms with Gasteiger partial charge in [-0.1, -0.05) is 63.7 Å². The minimum Gasteiger partial charge on any atom is -0.494 e. The minimum atomic E-state index is 0.404. The number of nitrogens with two attached hydrogens (primary N) is 1. The van der Waals surface area contributed by atoms with Gasteiger partial charge in [-0.05, 0) is 74.0 Å². The Morgan fingerprint density at radius 3 is 2.39 bits per heavy atom. The summed E-state index contributed by atoms with van der Waals surface area (Å²) in [6.07, 6.45) is 4.83. The molecule has 0 aliphatic heterocycles. The number of aromatic nitrogens is 2. The van der Waals surface area contributed by atoms with Crippen LogP contribution in [0.2, 0.25) is 0 Å². The van der Waals surface area contributed by atoms with Crippen LogP contribution in [0.3, 0.4) is 0 Å². The first-order chi connectivity index (χ1) is 15.1. The lowest BCUT2D eigenvalue weighted by molar-refractivity contribution is 0.335. The van der Waals surface area contributed by atoms with Gasteiger partial charge in [0.1, 0.15) is 15.8 Å². The van der Waals surface area contributed by atoms with Crippen LogP contribution in [0, 0.1) is 0 Å². The summed E-state index contributed by atoms with van der Waals surface area (Å²) >= 11 is 1.68. The van der Waals surface area contributed by atoms with Crippen molar-refractivity contribution in [3.63, 3.8) is 0 Å². The molecule has 0 atom stereocenters. The number of hydrogen-bond acceptors (Lipinski definition) is 5. The van der Waals surface area contributed by atoms with Crippen molar-refractivity contribution in [1.29, 1.82) is 0 Å². The summed E-state index contributed by atoms with van der Waals surface area (Å²) in [5, 5.41) is 11.0. The Kier molecular flexibility index (Phi) is 10.2. The highest BCUT2D eigenvalue weighted by Crippen LogP contribution is 2.38. The molecule has 0 saturated heterocycles. The third kappa shape index (κ3) is 6.14. The average Bonchev–Trinajstić information content (AvgIpc) is 3.46. The van der Waals surface area contributed by atoms with Crippen LogP contribution in [0.1, 0.15) is 70.1 Å². The molecule has 1 aliphatic rings. The monoisotopic (exact) mass is 439 g/mol. The van der Waals surface area contributed by atoms with Crippen molar-refractivity contribution in [2.75, 3.05) is 13.7 Å². The molecule has 1 heterocycles. The molecule has 0 spiro atoms. The normalized spacial score (nSPS) is 11.9. The third-order valence-corrected chi connectivity index (χ3v) is 5.99. The summed E-state index contributed by atoms with van der Waals surface area (Å²) in [6, 6.07) is 12.9. The van der Waals surface area contributed by atoms with Crippen LogP contribution in [0.5, 0.6) is 5.75 Å². The molecule has 31 heavy (non-hydrogen) atoms. The standard InChI is InChI=1S/C22H24N2OS.C3H8.CH5N/c1-4-25-20-12-11-16(13-19(20)14(2)3)21-23-24-22(26-21)18-10-6-8-15-7-5-9-17(15)18;1-3-2;1-2/h6,8,10-14H,4-5,7,9H2,1-3H3;3H2,1-2H3;2H2,1H3. The SMILES string of the molecule is CCC.CCOc1ccc(-c2nnc(-c3cccc4c3CCC4)s2)cc1C(C)C.CN. The predicted octanol–water partition coefficient (Wildman–Crippen LogP) is 6.87. The summed E-state index contributed by atoms with van der Waals surface area (Å²) in [7, 11) is 1.50. The largest absolute Gasteiger partial charge is 0.494 e. The van der Waals surface area contributed by atoms with Crippen molar-refractivity contribution in [2.24, 2.45) is 5.73 Å². The van der Waals surface area contributed by atoms with E-state index in [1.807, 2.05) is 6.92 Å². The molecule has 0 amide bonds. The fraction of sp³-hybridized carbons (Fsp3) is 0.462. The molecule has 1 aromatic heterocycles. The molecule has 0 saturated carbocycles. The van der Waals surface area contributed by atoms with Crippen LogP contribution in [0.25, 0.3) is 21.1 Å². The van der Waals surface area contributed by atoms with E-state index < -0.39 is 0 Å².